The van der Waals surface area contributed by atoms with Crippen molar-refractivity contribution in [1.29, 1.82) is 0 Å². The third-order valence-electron chi connectivity index (χ3n) is 3.95. The molecular formula is C18H36IN5O. The number of guanidine groups is 1. The maximum Gasteiger partial charge on any atom is 0.191 e. The predicted octanol–water partition coefficient (Wildman–Crippen LogP) is 3.12. The van der Waals surface area contributed by atoms with Gasteiger partial charge >= 0.3 is 0 Å². The molecule has 0 spiro atoms. The molecule has 0 bridgehead atoms. The van der Waals surface area contributed by atoms with Crippen molar-refractivity contribution in [3.8, 4) is 0 Å². The van der Waals surface area contributed by atoms with Crippen molar-refractivity contribution in [2.75, 3.05) is 26.7 Å². The third kappa shape index (κ3) is 8.89. The summed E-state index contributed by atoms with van der Waals surface area (Å²) in [5.74, 6) is 0.845. The highest BCUT2D eigenvalue weighted by Crippen LogP contribution is 2.21. The Kier molecular flexibility index (Phi) is 11.3. The summed E-state index contributed by atoms with van der Waals surface area (Å²) in [4.78, 5) is 4.66. The molecule has 0 amide bonds. The van der Waals surface area contributed by atoms with Crippen molar-refractivity contribution < 1.29 is 4.74 Å². The normalized spacial score (nSPS) is 13.3. The summed E-state index contributed by atoms with van der Waals surface area (Å²) >= 11 is 0. The SMILES string of the molecule is CCNC(=NCC(OC)C(C)(C)C)NCCCn1nc(C)cc1C.I. The molecule has 0 aliphatic rings. The van der Waals surface area contributed by atoms with Gasteiger partial charge in [-0.05, 0) is 38.7 Å². The zero-order chi connectivity index (χ0) is 18.2. The minimum atomic E-state index is 0. The predicted molar refractivity (Wildman–Crippen MR) is 116 cm³/mol. The van der Waals surface area contributed by atoms with Gasteiger partial charge in [0.25, 0.3) is 0 Å². The van der Waals surface area contributed by atoms with Crippen LogP contribution in [0.15, 0.2) is 11.1 Å². The van der Waals surface area contributed by atoms with Gasteiger partial charge in [-0.3, -0.25) is 9.67 Å². The van der Waals surface area contributed by atoms with Gasteiger partial charge in [0.2, 0.25) is 0 Å². The van der Waals surface area contributed by atoms with Gasteiger partial charge in [-0.15, -0.1) is 24.0 Å². The van der Waals surface area contributed by atoms with Crippen LogP contribution in [0.3, 0.4) is 0 Å². The first kappa shape index (κ1) is 24.2. The van der Waals surface area contributed by atoms with Crippen LogP contribution in [0.2, 0.25) is 0 Å². The van der Waals surface area contributed by atoms with E-state index < -0.39 is 0 Å². The first-order valence-corrected chi connectivity index (χ1v) is 8.84. The number of aryl methyl sites for hydroxylation is 3. The number of nitrogens with zero attached hydrogens (tertiary/aromatic N) is 3. The topological polar surface area (TPSA) is 63.5 Å². The standard InChI is InChI=1S/C18H35N5O.HI/c1-8-19-17(21-13-16(24-7)18(4,5)6)20-10-9-11-23-15(3)12-14(2)22-23;/h12,16H,8-11,13H2,1-7H3,(H2,19,20,21);1H. The number of halogens is 1. The lowest BCUT2D eigenvalue weighted by Crippen LogP contribution is -2.40. The Balaban J connectivity index is 0.00000576. The molecule has 146 valence electrons. The average Bonchev–Trinajstić information content (AvgIpc) is 2.80. The van der Waals surface area contributed by atoms with Crippen molar-refractivity contribution in [2.45, 2.75) is 60.6 Å². The number of methoxy groups -OCH3 is 1. The number of ether oxygens (including phenoxy) is 1. The maximum absolute atomic E-state index is 5.57. The minimum Gasteiger partial charge on any atom is -0.379 e. The molecule has 1 aromatic heterocycles. The van der Waals surface area contributed by atoms with Crippen molar-refractivity contribution in [3.05, 3.63) is 17.5 Å². The highest BCUT2D eigenvalue weighted by atomic mass is 127. The fourth-order valence-electron chi connectivity index (χ4n) is 2.55. The zero-order valence-corrected chi connectivity index (χ0v) is 19.2. The summed E-state index contributed by atoms with van der Waals surface area (Å²) < 4.78 is 7.63. The van der Waals surface area contributed by atoms with Crippen LogP contribution in [0, 0.1) is 19.3 Å². The Morgan fingerprint density at radius 3 is 2.48 bits per heavy atom. The molecule has 2 N–H and O–H groups in total. The fraction of sp³-hybridized carbons (Fsp3) is 0.778. The average molecular weight is 465 g/mol. The zero-order valence-electron chi connectivity index (χ0n) is 16.8. The van der Waals surface area contributed by atoms with E-state index in [4.69, 9.17) is 4.74 Å². The van der Waals surface area contributed by atoms with Crippen LogP contribution in [0.5, 0.6) is 0 Å². The molecular weight excluding hydrogens is 429 g/mol. The molecule has 1 heterocycles. The largest absolute Gasteiger partial charge is 0.379 e. The molecule has 25 heavy (non-hydrogen) atoms. The fourth-order valence-corrected chi connectivity index (χ4v) is 2.55. The summed E-state index contributed by atoms with van der Waals surface area (Å²) in [6.45, 7) is 16.0. The Hall–Kier alpha value is -0.830. The second kappa shape index (κ2) is 11.7. The Morgan fingerprint density at radius 1 is 1.32 bits per heavy atom. The Morgan fingerprint density at radius 2 is 2.00 bits per heavy atom. The van der Waals surface area contributed by atoms with E-state index in [0.717, 1.165) is 37.7 Å². The second-order valence-corrected chi connectivity index (χ2v) is 7.24. The molecule has 0 aliphatic carbocycles. The quantitative estimate of drug-likeness (QED) is 0.268. The van der Waals surface area contributed by atoms with E-state index in [1.807, 2.05) is 6.92 Å². The van der Waals surface area contributed by atoms with Gasteiger partial charge in [-0.2, -0.15) is 5.10 Å². The molecule has 1 unspecified atom stereocenters. The lowest BCUT2D eigenvalue weighted by molar-refractivity contribution is 0.0241. The summed E-state index contributed by atoms with van der Waals surface area (Å²) in [5, 5.41) is 11.2. The molecule has 0 radical (unpaired) electrons. The van der Waals surface area contributed by atoms with E-state index in [9.17, 15) is 0 Å². The summed E-state index contributed by atoms with van der Waals surface area (Å²) in [6.07, 6.45) is 1.10. The van der Waals surface area contributed by atoms with Gasteiger partial charge in [0.1, 0.15) is 0 Å². The minimum absolute atomic E-state index is 0. The van der Waals surface area contributed by atoms with Gasteiger partial charge in [0.05, 0.1) is 18.3 Å². The van der Waals surface area contributed by atoms with Gasteiger partial charge in [-0.25, -0.2) is 0 Å². The van der Waals surface area contributed by atoms with Crippen molar-refractivity contribution >= 4 is 29.9 Å². The molecule has 7 heteroatoms. The van der Waals surface area contributed by atoms with Crippen LogP contribution in [0.1, 0.15) is 45.5 Å². The first-order chi connectivity index (χ1) is 11.3. The molecule has 0 saturated heterocycles. The molecule has 0 aromatic carbocycles. The molecule has 6 nitrogen and oxygen atoms in total. The van der Waals surface area contributed by atoms with Gasteiger partial charge < -0.3 is 15.4 Å². The Labute approximate surface area is 170 Å². The van der Waals surface area contributed by atoms with Gasteiger partial charge in [0, 0.05) is 32.4 Å². The maximum atomic E-state index is 5.57. The van der Waals surface area contributed by atoms with Crippen LogP contribution in [-0.4, -0.2) is 48.6 Å². The number of nitrogens with one attached hydrogen (secondary N) is 2. The van der Waals surface area contributed by atoms with Crippen molar-refractivity contribution in [1.82, 2.24) is 20.4 Å². The smallest absolute Gasteiger partial charge is 0.191 e. The van der Waals surface area contributed by atoms with Crippen LogP contribution in [0.4, 0.5) is 0 Å². The van der Waals surface area contributed by atoms with Crippen LogP contribution < -0.4 is 10.6 Å². The number of hydrogen-bond donors (Lipinski definition) is 2. The highest BCUT2D eigenvalue weighted by molar-refractivity contribution is 14.0. The molecule has 0 saturated carbocycles. The van der Waals surface area contributed by atoms with Crippen LogP contribution >= 0.6 is 24.0 Å². The van der Waals surface area contributed by atoms with Crippen LogP contribution in [0.25, 0.3) is 0 Å². The summed E-state index contributed by atoms with van der Waals surface area (Å²) in [7, 11) is 1.75. The number of aliphatic imine (C=N–C) groups is 1. The third-order valence-corrected chi connectivity index (χ3v) is 3.95. The molecule has 1 aromatic rings. The lowest BCUT2D eigenvalue weighted by Gasteiger charge is -2.28. The second-order valence-electron chi connectivity index (χ2n) is 7.24. The highest BCUT2D eigenvalue weighted by Gasteiger charge is 2.24. The molecule has 0 fully saturated rings. The van der Waals surface area contributed by atoms with E-state index in [2.05, 4.69) is 66.1 Å². The first-order valence-electron chi connectivity index (χ1n) is 8.84. The summed E-state index contributed by atoms with van der Waals surface area (Å²) in [6, 6.07) is 2.11. The van der Waals surface area contributed by atoms with E-state index in [0.29, 0.717) is 6.54 Å². The number of hydrogen-bond acceptors (Lipinski definition) is 3. The van der Waals surface area contributed by atoms with Crippen molar-refractivity contribution in [2.24, 2.45) is 10.4 Å². The summed E-state index contributed by atoms with van der Waals surface area (Å²) in [5.41, 5.74) is 2.36. The molecule has 1 atom stereocenters. The Bertz CT molecular complexity index is 522. The van der Waals surface area contributed by atoms with E-state index >= 15 is 0 Å². The molecule has 1 rings (SSSR count). The van der Waals surface area contributed by atoms with Gasteiger partial charge in [-0.1, -0.05) is 20.8 Å². The van der Waals surface area contributed by atoms with Crippen LogP contribution in [-0.2, 0) is 11.3 Å². The van der Waals surface area contributed by atoms with Crippen molar-refractivity contribution in [3.63, 3.8) is 0 Å². The number of aromatic nitrogens is 2. The molecule has 0 aliphatic heterocycles. The number of rotatable bonds is 8. The van der Waals surface area contributed by atoms with E-state index in [1.54, 1.807) is 7.11 Å². The van der Waals surface area contributed by atoms with E-state index in [-0.39, 0.29) is 35.5 Å². The van der Waals surface area contributed by atoms with E-state index in [1.165, 1.54) is 5.69 Å². The monoisotopic (exact) mass is 465 g/mol. The lowest BCUT2D eigenvalue weighted by atomic mass is 9.89. The van der Waals surface area contributed by atoms with Gasteiger partial charge in [0.15, 0.2) is 5.96 Å².